The van der Waals surface area contributed by atoms with Gasteiger partial charge in [0, 0.05) is 17.2 Å². The average Bonchev–Trinajstić information content (AvgIpc) is 3.09. The van der Waals surface area contributed by atoms with Gasteiger partial charge in [0.25, 0.3) is 5.91 Å². The highest BCUT2D eigenvalue weighted by Gasteiger charge is 2.24. The van der Waals surface area contributed by atoms with E-state index in [1.165, 1.54) is 0 Å². The number of halogens is 1. The largest absolute Gasteiger partial charge is 0.504 e. The fraction of sp³-hybridized carbons (Fsp3) is 0. The Morgan fingerprint density at radius 1 is 1.19 bits per heavy atom. The molecular weight excluding hydrogens is 396 g/mol. The van der Waals surface area contributed by atoms with Gasteiger partial charge in [-0.2, -0.15) is 0 Å². The van der Waals surface area contributed by atoms with E-state index in [1.54, 1.807) is 30.3 Å². The molecule has 140 valence electrons. The Hall–Kier alpha value is -3.21. The average molecular weight is 409 g/mol. The number of nitro benzene ring substituents is 1. The van der Waals surface area contributed by atoms with Gasteiger partial charge >= 0.3 is 5.69 Å². The van der Waals surface area contributed by atoms with E-state index in [9.17, 15) is 25.1 Å². The topological polar surface area (TPSA) is 152 Å². The predicted molar refractivity (Wildman–Crippen MR) is 102 cm³/mol. The molecule has 3 rings (SSSR count). The SMILES string of the molecule is Cl.NNC(=O)c1sc(-c2cc(O)c(O)c([N+](=O)[O-])c2)nc1-c1ccccc1. The lowest BCUT2D eigenvalue weighted by molar-refractivity contribution is -0.385. The Morgan fingerprint density at radius 3 is 2.44 bits per heavy atom. The minimum atomic E-state index is -0.835. The lowest BCUT2D eigenvalue weighted by Gasteiger charge is -2.02. The summed E-state index contributed by atoms with van der Waals surface area (Å²) >= 11 is 0.957. The lowest BCUT2D eigenvalue weighted by Crippen LogP contribution is -2.29. The zero-order valence-electron chi connectivity index (χ0n) is 13.4. The molecule has 5 N–H and O–H groups in total. The van der Waals surface area contributed by atoms with Crippen molar-refractivity contribution < 1.29 is 19.9 Å². The molecule has 0 aliphatic carbocycles. The quantitative estimate of drug-likeness (QED) is 0.170. The summed E-state index contributed by atoms with van der Waals surface area (Å²) in [5.74, 6) is 3.17. The van der Waals surface area contributed by atoms with Crippen LogP contribution in [-0.4, -0.2) is 26.0 Å². The molecule has 9 nitrogen and oxygen atoms in total. The van der Waals surface area contributed by atoms with Crippen LogP contribution in [0.25, 0.3) is 21.8 Å². The first-order valence-corrected chi connectivity index (χ1v) is 8.02. The van der Waals surface area contributed by atoms with E-state index in [2.05, 4.69) is 4.98 Å². The van der Waals surface area contributed by atoms with Crippen LogP contribution >= 0.6 is 23.7 Å². The summed E-state index contributed by atoms with van der Waals surface area (Å²) in [7, 11) is 0. The number of amides is 1. The zero-order chi connectivity index (χ0) is 18.8. The van der Waals surface area contributed by atoms with Crippen LogP contribution in [0.15, 0.2) is 42.5 Å². The minimum absolute atomic E-state index is 0. The molecular formula is C16H13ClN4O5S. The molecule has 1 amide bonds. The van der Waals surface area contributed by atoms with Crippen LogP contribution in [0.2, 0.25) is 0 Å². The number of thiazole rings is 1. The van der Waals surface area contributed by atoms with Crippen LogP contribution in [0, 0.1) is 10.1 Å². The second-order valence-electron chi connectivity index (χ2n) is 5.16. The molecule has 0 atom stereocenters. The number of hydrazine groups is 1. The third kappa shape index (κ3) is 3.82. The van der Waals surface area contributed by atoms with E-state index in [1.807, 2.05) is 5.43 Å². The van der Waals surface area contributed by atoms with E-state index >= 15 is 0 Å². The first kappa shape index (κ1) is 20.1. The summed E-state index contributed by atoms with van der Waals surface area (Å²) in [6.07, 6.45) is 0. The molecule has 0 spiro atoms. The van der Waals surface area contributed by atoms with Crippen molar-refractivity contribution in [1.29, 1.82) is 0 Å². The van der Waals surface area contributed by atoms with Crippen LogP contribution in [0.4, 0.5) is 5.69 Å². The molecule has 0 fully saturated rings. The Kier molecular flexibility index (Phi) is 5.95. The predicted octanol–water partition coefficient (Wildman–Crippen LogP) is 2.82. The number of nitrogens with two attached hydrogens (primary N) is 1. The van der Waals surface area contributed by atoms with Crippen molar-refractivity contribution in [3.63, 3.8) is 0 Å². The third-order valence-electron chi connectivity index (χ3n) is 3.53. The van der Waals surface area contributed by atoms with Crippen molar-refractivity contribution >= 4 is 35.3 Å². The van der Waals surface area contributed by atoms with Gasteiger partial charge in [-0.05, 0) is 6.07 Å². The normalized spacial score (nSPS) is 10.1. The van der Waals surface area contributed by atoms with Crippen molar-refractivity contribution in [2.24, 2.45) is 5.84 Å². The summed E-state index contributed by atoms with van der Waals surface area (Å²) < 4.78 is 0. The van der Waals surface area contributed by atoms with Crippen molar-refractivity contribution in [2.75, 3.05) is 0 Å². The van der Waals surface area contributed by atoms with Gasteiger partial charge in [0.15, 0.2) is 5.75 Å². The molecule has 0 saturated heterocycles. The molecule has 0 aliphatic rings. The van der Waals surface area contributed by atoms with E-state index in [0.29, 0.717) is 11.3 Å². The minimum Gasteiger partial charge on any atom is -0.504 e. The highest BCUT2D eigenvalue weighted by Crippen LogP contribution is 2.41. The number of nitro groups is 1. The Morgan fingerprint density at radius 2 is 1.85 bits per heavy atom. The highest BCUT2D eigenvalue weighted by atomic mass is 35.5. The van der Waals surface area contributed by atoms with Gasteiger partial charge in [-0.15, -0.1) is 23.7 Å². The van der Waals surface area contributed by atoms with Crippen molar-refractivity contribution in [1.82, 2.24) is 10.4 Å². The number of nitrogens with one attached hydrogen (secondary N) is 1. The van der Waals surface area contributed by atoms with Gasteiger partial charge in [0.2, 0.25) is 5.75 Å². The second kappa shape index (κ2) is 7.99. The highest BCUT2D eigenvalue weighted by molar-refractivity contribution is 7.17. The number of carbonyl (C=O) groups is 1. The van der Waals surface area contributed by atoms with Gasteiger partial charge < -0.3 is 10.2 Å². The van der Waals surface area contributed by atoms with Crippen LogP contribution in [0.5, 0.6) is 11.5 Å². The summed E-state index contributed by atoms with van der Waals surface area (Å²) in [6, 6.07) is 11.1. The summed E-state index contributed by atoms with van der Waals surface area (Å²) in [4.78, 5) is 26.9. The van der Waals surface area contributed by atoms with E-state index in [0.717, 1.165) is 23.5 Å². The Labute approximate surface area is 162 Å². The smallest absolute Gasteiger partial charge is 0.315 e. The maximum absolute atomic E-state index is 12.1. The van der Waals surface area contributed by atoms with Crippen molar-refractivity contribution in [3.8, 4) is 33.3 Å². The fourth-order valence-corrected chi connectivity index (χ4v) is 3.30. The number of benzene rings is 2. The monoisotopic (exact) mass is 408 g/mol. The first-order chi connectivity index (χ1) is 12.4. The molecule has 2 aromatic carbocycles. The van der Waals surface area contributed by atoms with Gasteiger partial charge in [-0.3, -0.25) is 20.3 Å². The molecule has 1 heterocycles. The van der Waals surface area contributed by atoms with Gasteiger partial charge in [-0.1, -0.05) is 30.3 Å². The van der Waals surface area contributed by atoms with Crippen LogP contribution in [0.3, 0.4) is 0 Å². The summed E-state index contributed by atoms with van der Waals surface area (Å²) in [5, 5.41) is 30.7. The van der Waals surface area contributed by atoms with E-state index in [-0.39, 0.29) is 27.9 Å². The molecule has 1 aromatic heterocycles. The number of hydrogen-bond donors (Lipinski definition) is 4. The number of carbonyl (C=O) groups excluding carboxylic acids is 1. The van der Waals surface area contributed by atoms with E-state index < -0.39 is 28.0 Å². The van der Waals surface area contributed by atoms with Crippen LogP contribution in [-0.2, 0) is 0 Å². The van der Waals surface area contributed by atoms with Gasteiger partial charge in [-0.25, -0.2) is 10.8 Å². The maximum atomic E-state index is 12.1. The Bertz CT molecular complexity index is 1010. The first-order valence-electron chi connectivity index (χ1n) is 7.20. The standard InChI is InChI=1S/C16H12N4O5S.ClH/c17-19-15(23)14-12(8-4-2-1-3-5-8)18-16(26-14)9-6-10(20(24)25)13(22)11(21)7-9;/h1-7,21-22H,17H2,(H,19,23);1H. The van der Waals surface area contributed by atoms with Crippen molar-refractivity contribution in [3.05, 3.63) is 57.5 Å². The van der Waals surface area contributed by atoms with Gasteiger partial charge in [0.1, 0.15) is 9.88 Å². The maximum Gasteiger partial charge on any atom is 0.315 e. The number of phenolic OH excluding ortho intramolecular Hbond substituents is 2. The summed E-state index contributed by atoms with van der Waals surface area (Å²) in [5.41, 5.74) is 2.57. The molecule has 0 aliphatic heterocycles. The molecule has 0 radical (unpaired) electrons. The van der Waals surface area contributed by atoms with Gasteiger partial charge in [0.05, 0.1) is 10.6 Å². The molecule has 11 heteroatoms. The molecule has 3 aromatic rings. The zero-order valence-corrected chi connectivity index (χ0v) is 15.1. The Balaban J connectivity index is 0.00000261. The van der Waals surface area contributed by atoms with Crippen molar-refractivity contribution in [2.45, 2.75) is 0 Å². The number of nitrogens with zero attached hydrogens (tertiary/aromatic N) is 2. The summed E-state index contributed by atoms with van der Waals surface area (Å²) in [6.45, 7) is 0. The van der Waals surface area contributed by atoms with Crippen LogP contribution in [0.1, 0.15) is 9.67 Å². The molecule has 0 saturated carbocycles. The second-order valence-corrected chi connectivity index (χ2v) is 6.16. The number of hydrogen-bond acceptors (Lipinski definition) is 8. The number of phenols is 2. The lowest BCUT2D eigenvalue weighted by atomic mass is 10.1. The number of aromatic hydroxyl groups is 2. The number of nitrogen functional groups attached to an aromatic ring is 1. The molecule has 0 unspecified atom stereocenters. The molecule has 0 bridgehead atoms. The fourth-order valence-electron chi connectivity index (χ4n) is 2.32. The number of rotatable bonds is 4. The van der Waals surface area contributed by atoms with E-state index in [4.69, 9.17) is 5.84 Å². The molecule has 27 heavy (non-hydrogen) atoms. The number of aromatic nitrogens is 1. The van der Waals surface area contributed by atoms with Crippen LogP contribution < -0.4 is 11.3 Å². The third-order valence-corrected chi connectivity index (χ3v) is 4.63.